The summed E-state index contributed by atoms with van der Waals surface area (Å²) >= 11 is -1.62. The topological polar surface area (TPSA) is 0 Å². The minimum absolute atomic E-state index is 1.62. The molecule has 0 heterocycles. The third-order valence-corrected chi connectivity index (χ3v) is 4.69. The molecule has 6 heavy (non-hydrogen) atoms. The van der Waals surface area contributed by atoms with Crippen LogP contribution < -0.4 is 0 Å². The van der Waals surface area contributed by atoms with Gasteiger partial charge in [0.25, 0.3) is 0 Å². The Balaban J connectivity index is 3.21. The van der Waals surface area contributed by atoms with Crippen molar-refractivity contribution >= 4 is 27.6 Å². The number of hydrogen-bond donors (Lipinski definition) is 0. The fraction of sp³-hybridized carbons (Fsp3) is 0. The van der Waals surface area contributed by atoms with E-state index < -0.39 is 18.6 Å². The molecule has 0 aliphatic rings. The van der Waals surface area contributed by atoms with E-state index in [0.29, 0.717) is 0 Å². The van der Waals surface area contributed by atoms with E-state index in [9.17, 15) is 0 Å². The van der Waals surface area contributed by atoms with Crippen molar-refractivity contribution < 1.29 is 0 Å². The Morgan fingerprint density at radius 3 is 1.67 bits per heavy atom. The van der Waals surface area contributed by atoms with Crippen molar-refractivity contribution in [1.82, 2.24) is 0 Å². The maximum atomic E-state index is 5.61. The van der Waals surface area contributed by atoms with Crippen molar-refractivity contribution in [2.45, 2.75) is 0 Å². The molecule has 0 atom stereocenters. The molecule has 0 spiro atoms. The Morgan fingerprint density at radius 2 is 1.67 bits per heavy atom. The fourth-order valence-electron chi connectivity index (χ4n) is 0.0833. The Hall–Kier alpha value is 0.569. The van der Waals surface area contributed by atoms with Crippen LogP contribution in [0.1, 0.15) is 0 Å². The summed E-state index contributed by atoms with van der Waals surface area (Å²) < 4.78 is 3.63. The van der Waals surface area contributed by atoms with E-state index in [0.717, 1.165) is 0 Å². The second kappa shape index (κ2) is 3.75. The van der Waals surface area contributed by atoms with Gasteiger partial charge in [-0.05, 0) is 0 Å². The zero-order valence-electron chi connectivity index (χ0n) is 3.45. The van der Waals surface area contributed by atoms with Crippen LogP contribution in [-0.2, 0) is 0 Å². The van der Waals surface area contributed by atoms with Crippen LogP contribution in [0.3, 0.4) is 0 Å². The molecule has 0 aromatic rings. The van der Waals surface area contributed by atoms with Crippen molar-refractivity contribution in [2.24, 2.45) is 0 Å². The van der Waals surface area contributed by atoms with Gasteiger partial charge in [-0.15, -0.1) is 0 Å². The maximum absolute atomic E-state index is 5.61. The van der Waals surface area contributed by atoms with Gasteiger partial charge in [0.2, 0.25) is 0 Å². The van der Waals surface area contributed by atoms with Crippen molar-refractivity contribution in [3.05, 3.63) is 21.3 Å². The number of hydrogen-bond acceptors (Lipinski definition) is 0. The van der Waals surface area contributed by atoms with Gasteiger partial charge < -0.3 is 0 Å². The fourth-order valence-corrected chi connectivity index (χ4v) is 0.559. The molecule has 0 N–H and O–H groups in total. The zero-order chi connectivity index (χ0) is 4.99. The van der Waals surface area contributed by atoms with Crippen molar-refractivity contribution in [3.63, 3.8) is 0 Å². The Bertz CT molecular complexity index is 52.6. The van der Waals surface area contributed by atoms with Gasteiger partial charge in [-0.1, -0.05) is 0 Å². The normalized spacial score (nSPS) is 8.33. The van der Waals surface area contributed by atoms with Gasteiger partial charge in [-0.3, -0.25) is 0 Å². The zero-order valence-corrected chi connectivity index (χ0v) is 7.06. The molecule has 0 nitrogen and oxygen atoms in total. The summed E-state index contributed by atoms with van der Waals surface area (Å²) in [7, 11) is 5.61. The van der Waals surface area contributed by atoms with Gasteiger partial charge in [0, 0.05) is 0 Å². The Kier molecular flexibility index (Phi) is 4.10. The van der Waals surface area contributed by atoms with E-state index in [2.05, 4.69) is 13.2 Å². The predicted octanol–water partition coefficient (Wildman–Crippen LogP) is 1.67. The van der Waals surface area contributed by atoms with Crippen LogP contribution in [0.4, 0.5) is 0 Å². The van der Waals surface area contributed by atoms with Gasteiger partial charge in [0.05, 0.1) is 0 Å². The standard InChI is InChI=1S/2C2H3.ClH.Sn/c2*1-2;;/h2*1H,2H2;1H;/q;;;+1/p-1. The van der Waals surface area contributed by atoms with Gasteiger partial charge in [-0.2, -0.15) is 0 Å². The predicted molar refractivity (Wildman–Crippen MR) is 32.0 cm³/mol. The molecule has 33 valence electrons. The molecule has 0 unspecified atom stereocenters. The molecule has 1 radical (unpaired) electrons. The van der Waals surface area contributed by atoms with Crippen LogP contribution in [0.2, 0.25) is 0 Å². The molecule has 0 aliphatic heterocycles. The first kappa shape index (κ1) is 6.57. The second-order valence-corrected chi connectivity index (χ2v) is 8.25. The van der Waals surface area contributed by atoms with Crippen LogP contribution in [0.15, 0.2) is 21.3 Å². The summed E-state index contributed by atoms with van der Waals surface area (Å²) in [6.45, 7) is 7.03. The monoisotopic (exact) mass is 209 g/mol. The average molecular weight is 208 g/mol. The average Bonchev–Trinajstić information content (AvgIpc) is 1.65. The van der Waals surface area contributed by atoms with Gasteiger partial charge in [0.1, 0.15) is 0 Å². The first-order valence-corrected chi connectivity index (χ1v) is 8.49. The first-order valence-electron chi connectivity index (χ1n) is 1.58. The van der Waals surface area contributed by atoms with Gasteiger partial charge >= 0.3 is 48.9 Å². The van der Waals surface area contributed by atoms with Crippen molar-refractivity contribution in [3.8, 4) is 0 Å². The molecule has 0 fully saturated rings. The quantitative estimate of drug-likeness (QED) is 0.605. The first-order chi connectivity index (χ1) is 2.81. The second-order valence-electron chi connectivity index (χ2n) is 0.793. The Labute approximate surface area is 49.0 Å². The molecule has 0 saturated heterocycles. The third kappa shape index (κ3) is 2.79. The number of rotatable bonds is 2. The van der Waals surface area contributed by atoms with Gasteiger partial charge in [-0.25, -0.2) is 0 Å². The van der Waals surface area contributed by atoms with E-state index in [1.165, 1.54) is 0 Å². The van der Waals surface area contributed by atoms with Crippen LogP contribution in [0.25, 0.3) is 0 Å². The van der Waals surface area contributed by atoms with E-state index in [1.807, 2.05) is 8.18 Å². The molecule has 0 rings (SSSR count). The SMILES string of the molecule is C=[CH][Sn]([Cl])[CH]=C. The summed E-state index contributed by atoms with van der Waals surface area (Å²) in [6, 6.07) is 0. The van der Waals surface area contributed by atoms with Crippen LogP contribution >= 0.6 is 8.92 Å². The molecular weight excluding hydrogens is 202 g/mol. The molecule has 2 heteroatoms. The summed E-state index contributed by atoms with van der Waals surface area (Å²) in [4.78, 5) is 0. The van der Waals surface area contributed by atoms with E-state index >= 15 is 0 Å². The molecule has 0 aliphatic carbocycles. The van der Waals surface area contributed by atoms with E-state index in [1.54, 1.807) is 0 Å². The number of halogens is 1. The third-order valence-electron chi connectivity index (χ3n) is 0.390. The van der Waals surface area contributed by atoms with E-state index in [4.69, 9.17) is 8.92 Å². The van der Waals surface area contributed by atoms with Gasteiger partial charge in [0.15, 0.2) is 0 Å². The molecular formula is C4H6ClSn. The molecule has 0 aromatic heterocycles. The summed E-state index contributed by atoms with van der Waals surface area (Å²) in [5.74, 6) is 0. The molecule has 0 amide bonds. The summed E-state index contributed by atoms with van der Waals surface area (Å²) in [5.41, 5.74) is 0. The van der Waals surface area contributed by atoms with Crippen molar-refractivity contribution in [2.75, 3.05) is 0 Å². The molecule has 0 saturated carbocycles. The van der Waals surface area contributed by atoms with E-state index in [-0.39, 0.29) is 0 Å². The Morgan fingerprint density at radius 1 is 1.33 bits per heavy atom. The molecule has 0 aromatic carbocycles. The van der Waals surface area contributed by atoms with Crippen LogP contribution in [0, 0.1) is 0 Å². The minimum atomic E-state index is -1.62. The summed E-state index contributed by atoms with van der Waals surface area (Å²) in [6.07, 6.45) is 0. The summed E-state index contributed by atoms with van der Waals surface area (Å²) in [5, 5.41) is 0. The molecule has 0 bridgehead atoms. The van der Waals surface area contributed by atoms with Crippen molar-refractivity contribution in [1.29, 1.82) is 0 Å². The van der Waals surface area contributed by atoms with Crippen LogP contribution in [-0.4, -0.2) is 18.6 Å². The van der Waals surface area contributed by atoms with Crippen LogP contribution in [0.5, 0.6) is 0 Å².